The molecule has 2 rings (SSSR count). The summed E-state index contributed by atoms with van der Waals surface area (Å²) in [5, 5.41) is 17.9. The van der Waals surface area contributed by atoms with Crippen molar-refractivity contribution in [2.75, 3.05) is 5.32 Å². The minimum absolute atomic E-state index is 0.0922. The number of hydrogen-bond donors (Lipinski definition) is 1. The summed E-state index contributed by atoms with van der Waals surface area (Å²) in [6.07, 6.45) is 0. The van der Waals surface area contributed by atoms with Crippen molar-refractivity contribution in [1.82, 2.24) is 0 Å². The molecule has 0 bridgehead atoms. The SMILES string of the molecule is O=[N+]([O-])c1cccc(CNc2ccsc2)c1Br. The molecular weight excluding hydrogens is 304 g/mol. The number of nitro benzene ring substituents is 1. The van der Waals surface area contributed by atoms with Crippen LogP contribution < -0.4 is 5.32 Å². The summed E-state index contributed by atoms with van der Waals surface area (Å²) in [6, 6.07) is 7.00. The van der Waals surface area contributed by atoms with Gasteiger partial charge in [0.25, 0.3) is 5.69 Å². The molecule has 2 aromatic rings. The van der Waals surface area contributed by atoms with Crippen molar-refractivity contribution in [3.63, 3.8) is 0 Å². The van der Waals surface area contributed by atoms with Crippen LogP contribution in [0.2, 0.25) is 0 Å². The lowest BCUT2D eigenvalue weighted by Gasteiger charge is -2.06. The van der Waals surface area contributed by atoms with E-state index in [1.54, 1.807) is 17.4 Å². The number of nitrogens with one attached hydrogen (secondary N) is 1. The normalized spacial score (nSPS) is 10.2. The Kier molecular flexibility index (Phi) is 3.75. The standard InChI is InChI=1S/C11H9BrN2O2S/c12-11-8(2-1-3-10(11)14(15)16)6-13-9-4-5-17-7-9/h1-5,7,13H,6H2. The average Bonchev–Trinajstić information content (AvgIpc) is 2.80. The van der Waals surface area contributed by atoms with Crippen molar-refractivity contribution in [1.29, 1.82) is 0 Å². The summed E-state index contributed by atoms with van der Waals surface area (Å²) >= 11 is 4.87. The van der Waals surface area contributed by atoms with Crippen molar-refractivity contribution >= 4 is 38.6 Å². The van der Waals surface area contributed by atoms with Crippen molar-refractivity contribution in [2.24, 2.45) is 0 Å². The molecule has 0 radical (unpaired) electrons. The van der Waals surface area contributed by atoms with E-state index in [0.717, 1.165) is 11.3 Å². The monoisotopic (exact) mass is 312 g/mol. The highest BCUT2D eigenvalue weighted by Gasteiger charge is 2.14. The van der Waals surface area contributed by atoms with Crippen LogP contribution in [-0.4, -0.2) is 4.92 Å². The van der Waals surface area contributed by atoms with Gasteiger partial charge in [-0.15, -0.1) is 0 Å². The molecule has 1 heterocycles. The Morgan fingerprint density at radius 1 is 1.41 bits per heavy atom. The summed E-state index contributed by atoms with van der Waals surface area (Å²) < 4.78 is 0.535. The smallest absolute Gasteiger partial charge is 0.283 e. The van der Waals surface area contributed by atoms with Gasteiger partial charge in [-0.05, 0) is 32.9 Å². The van der Waals surface area contributed by atoms with E-state index in [1.165, 1.54) is 6.07 Å². The third-order valence-electron chi connectivity index (χ3n) is 2.26. The van der Waals surface area contributed by atoms with Crippen LogP contribution in [0.1, 0.15) is 5.56 Å². The Morgan fingerprint density at radius 3 is 2.88 bits per heavy atom. The lowest BCUT2D eigenvalue weighted by molar-refractivity contribution is -0.385. The highest BCUT2D eigenvalue weighted by molar-refractivity contribution is 9.10. The third kappa shape index (κ3) is 2.83. The van der Waals surface area contributed by atoms with Crippen molar-refractivity contribution in [3.8, 4) is 0 Å². The van der Waals surface area contributed by atoms with Gasteiger partial charge in [0.15, 0.2) is 0 Å². The first kappa shape index (κ1) is 12.1. The van der Waals surface area contributed by atoms with Gasteiger partial charge in [-0.2, -0.15) is 11.3 Å². The molecule has 1 N–H and O–H groups in total. The molecule has 0 amide bonds. The van der Waals surface area contributed by atoms with Gasteiger partial charge in [-0.1, -0.05) is 12.1 Å². The predicted molar refractivity (Wildman–Crippen MR) is 72.4 cm³/mol. The third-order valence-corrected chi connectivity index (χ3v) is 3.86. The topological polar surface area (TPSA) is 55.2 Å². The molecule has 6 heteroatoms. The maximum Gasteiger partial charge on any atom is 0.283 e. The second kappa shape index (κ2) is 5.29. The lowest BCUT2D eigenvalue weighted by Crippen LogP contribution is -2.00. The van der Waals surface area contributed by atoms with Crippen LogP contribution in [-0.2, 0) is 6.54 Å². The van der Waals surface area contributed by atoms with Crippen LogP contribution in [0.3, 0.4) is 0 Å². The summed E-state index contributed by atoms with van der Waals surface area (Å²) in [5.41, 5.74) is 1.98. The van der Waals surface area contributed by atoms with E-state index >= 15 is 0 Å². The zero-order valence-electron chi connectivity index (χ0n) is 8.72. The van der Waals surface area contributed by atoms with Crippen LogP contribution in [0.25, 0.3) is 0 Å². The van der Waals surface area contributed by atoms with Crippen molar-refractivity contribution < 1.29 is 4.92 Å². The fourth-order valence-corrected chi connectivity index (χ4v) is 2.57. The van der Waals surface area contributed by atoms with Gasteiger partial charge in [-0.25, -0.2) is 0 Å². The van der Waals surface area contributed by atoms with Gasteiger partial charge in [-0.3, -0.25) is 10.1 Å². The first-order valence-electron chi connectivity index (χ1n) is 4.86. The van der Waals surface area contributed by atoms with E-state index in [2.05, 4.69) is 21.2 Å². The molecule has 17 heavy (non-hydrogen) atoms. The maximum atomic E-state index is 10.8. The van der Waals surface area contributed by atoms with Crippen molar-refractivity contribution in [2.45, 2.75) is 6.54 Å². The van der Waals surface area contributed by atoms with Gasteiger partial charge in [0.05, 0.1) is 4.92 Å². The largest absolute Gasteiger partial charge is 0.380 e. The minimum Gasteiger partial charge on any atom is -0.380 e. The number of thiophene rings is 1. The molecule has 1 aromatic carbocycles. The van der Waals surface area contributed by atoms with Gasteiger partial charge in [0.1, 0.15) is 4.47 Å². The molecule has 0 atom stereocenters. The predicted octanol–water partition coefficient (Wildman–Crippen LogP) is 4.03. The molecule has 0 aliphatic carbocycles. The Morgan fingerprint density at radius 2 is 2.24 bits per heavy atom. The molecule has 0 aliphatic heterocycles. The highest BCUT2D eigenvalue weighted by Crippen LogP contribution is 2.28. The van der Waals surface area contributed by atoms with Gasteiger partial charge in [0.2, 0.25) is 0 Å². The summed E-state index contributed by atoms with van der Waals surface area (Å²) in [6.45, 7) is 0.555. The lowest BCUT2D eigenvalue weighted by atomic mass is 10.2. The first-order valence-corrected chi connectivity index (χ1v) is 6.60. The Hall–Kier alpha value is -1.40. The molecule has 1 aromatic heterocycles. The maximum absolute atomic E-state index is 10.8. The number of halogens is 1. The molecule has 4 nitrogen and oxygen atoms in total. The zero-order chi connectivity index (χ0) is 12.3. The van der Waals surface area contributed by atoms with E-state index in [9.17, 15) is 10.1 Å². The van der Waals surface area contributed by atoms with E-state index in [0.29, 0.717) is 11.0 Å². The summed E-state index contributed by atoms with van der Waals surface area (Å²) in [5.74, 6) is 0. The van der Waals surface area contributed by atoms with Gasteiger partial charge in [0, 0.05) is 23.7 Å². The summed E-state index contributed by atoms with van der Waals surface area (Å²) in [7, 11) is 0. The van der Waals surface area contributed by atoms with E-state index < -0.39 is 4.92 Å². The molecule has 88 valence electrons. The van der Waals surface area contributed by atoms with Crippen molar-refractivity contribution in [3.05, 3.63) is 55.2 Å². The number of rotatable bonds is 4. The fraction of sp³-hybridized carbons (Fsp3) is 0.0909. The molecule has 0 saturated carbocycles. The quantitative estimate of drug-likeness (QED) is 0.685. The van der Waals surface area contributed by atoms with Crippen LogP contribution in [0.5, 0.6) is 0 Å². The first-order chi connectivity index (χ1) is 8.18. The highest BCUT2D eigenvalue weighted by atomic mass is 79.9. The summed E-state index contributed by atoms with van der Waals surface area (Å²) in [4.78, 5) is 10.4. The molecule has 0 spiro atoms. The van der Waals surface area contributed by atoms with Crippen LogP contribution >= 0.6 is 27.3 Å². The fourth-order valence-electron chi connectivity index (χ4n) is 1.41. The second-order valence-corrected chi connectivity index (χ2v) is 4.95. The number of nitrogens with zero attached hydrogens (tertiary/aromatic N) is 1. The van der Waals surface area contributed by atoms with Crippen LogP contribution in [0.15, 0.2) is 39.5 Å². The molecule has 0 aliphatic rings. The minimum atomic E-state index is -0.391. The number of benzene rings is 1. The average molecular weight is 313 g/mol. The Labute approximate surface area is 111 Å². The van der Waals surface area contributed by atoms with Gasteiger partial charge >= 0.3 is 0 Å². The van der Waals surface area contributed by atoms with Gasteiger partial charge < -0.3 is 5.32 Å². The Balaban J connectivity index is 2.16. The zero-order valence-corrected chi connectivity index (χ0v) is 11.1. The molecule has 0 unspecified atom stereocenters. The molecule has 0 fully saturated rings. The Bertz CT molecular complexity index is 528. The number of anilines is 1. The van der Waals surface area contributed by atoms with E-state index in [1.807, 2.05) is 22.9 Å². The second-order valence-electron chi connectivity index (χ2n) is 3.37. The molecular formula is C11H9BrN2O2S. The van der Waals surface area contributed by atoms with Crippen LogP contribution in [0.4, 0.5) is 11.4 Å². The number of nitro groups is 1. The number of hydrogen-bond acceptors (Lipinski definition) is 4. The van der Waals surface area contributed by atoms with E-state index in [-0.39, 0.29) is 5.69 Å². The molecule has 0 saturated heterocycles. The van der Waals surface area contributed by atoms with E-state index in [4.69, 9.17) is 0 Å². The van der Waals surface area contributed by atoms with Crippen LogP contribution in [0, 0.1) is 10.1 Å².